The quantitative estimate of drug-likeness (QED) is 0.831. The van der Waals surface area contributed by atoms with Crippen LogP contribution in [0.3, 0.4) is 0 Å². The first-order valence-corrected chi connectivity index (χ1v) is 7.64. The van der Waals surface area contributed by atoms with Crippen LogP contribution in [0, 0.1) is 5.92 Å². The summed E-state index contributed by atoms with van der Waals surface area (Å²) < 4.78 is 10.7. The Morgan fingerprint density at radius 2 is 1.50 bits per heavy atom. The van der Waals surface area contributed by atoms with E-state index >= 15 is 0 Å². The van der Waals surface area contributed by atoms with E-state index in [1.54, 1.807) is 14.2 Å². The maximum atomic E-state index is 5.33. The normalized spacial score (nSPS) is 12.2. The average molecular weight is 299 g/mol. The molecule has 0 saturated heterocycles. The highest BCUT2D eigenvalue weighted by Crippen LogP contribution is 2.25. The van der Waals surface area contributed by atoms with Gasteiger partial charge in [-0.3, -0.25) is 0 Å². The van der Waals surface area contributed by atoms with Crippen LogP contribution in [0.4, 0.5) is 0 Å². The molecule has 2 aromatic rings. The summed E-state index contributed by atoms with van der Waals surface area (Å²) in [6.07, 6.45) is 0. The molecular weight excluding hydrogens is 274 g/mol. The maximum Gasteiger partial charge on any atom is 0.122 e. The van der Waals surface area contributed by atoms with Gasteiger partial charge in [-0.1, -0.05) is 44.2 Å². The second kappa shape index (κ2) is 7.85. The minimum atomic E-state index is 0.318. The lowest BCUT2D eigenvalue weighted by Gasteiger charge is -2.23. The summed E-state index contributed by atoms with van der Waals surface area (Å²) in [6, 6.07) is 16.8. The van der Waals surface area contributed by atoms with E-state index in [4.69, 9.17) is 9.47 Å². The van der Waals surface area contributed by atoms with Crippen molar-refractivity contribution in [2.24, 2.45) is 5.92 Å². The lowest BCUT2D eigenvalue weighted by atomic mass is 9.96. The van der Waals surface area contributed by atoms with Crippen LogP contribution in [0.1, 0.15) is 31.0 Å². The fourth-order valence-electron chi connectivity index (χ4n) is 2.60. The van der Waals surface area contributed by atoms with Crippen LogP contribution in [-0.4, -0.2) is 14.2 Å². The molecule has 3 nitrogen and oxygen atoms in total. The zero-order chi connectivity index (χ0) is 15.9. The van der Waals surface area contributed by atoms with E-state index in [9.17, 15) is 0 Å². The summed E-state index contributed by atoms with van der Waals surface area (Å²) in [5.41, 5.74) is 2.46. The van der Waals surface area contributed by atoms with Gasteiger partial charge in [0.2, 0.25) is 0 Å². The molecule has 0 aliphatic rings. The van der Waals surface area contributed by atoms with Crippen molar-refractivity contribution in [2.75, 3.05) is 14.2 Å². The smallest absolute Gasteiger partial charge is 0.122 e. The predicted octanol–water partition coefficient (Wildman–Crippen LogP) is 4.19. The monoisotopic (exact) mass is 299 g/mol. The summed E-state index contributed by atoms with van der Waals surface area (Å²) in [5.74, 6) is 2.14. The molecule has 0 radical (unpaired) electrons. The molecule has 0 saturated carbocycles. The molecule has 0 aliphatic heterocycles. The summed E-state index contributed by atoms with van der Waals surface area (Å²) in [6.45, 7) is 5.24. The molecule has 1 N–H and O–H groups in total. The Morgan fingerprint density at radius 3 is 2.00 bits per heavy atom. The van der Waals surface area contributed by atoms with Crippen molar-refractivity contribution >= 4 is 0 Å². The zero-order valence-corrected chi connectivity index (χ0v) is 13.8. The van der Waals surface area contributed by atoms with Crippen LogP contribution >= 0.6 is 0 Å². The number of rotatable bonds is 7. The fraction of sp³-hybridized carbons (Fsp3) is 0.368. The Labute approximate surface area is 133 Å². The third-order valence-electron chi connectivity index (χ3n) is 3.76. The van der Waals surface area contributed by atoms with Crippen LogP contribution in [-0.2, 0) is 6.54 Å². The van der Waals surface area contributed by atoms with E-state index in [0.29, 0.717) is 12.0 Å². The molecule has 118 valence electrons. The third kappa shape index (κ3) is 4.25. The molecule has 0 aliphatic carbocycles. The van der Waals surface area contributed by atoms with Crippen molar-refractivity contribution in [1.29, 1.82) is 0 Å². The molecule has 0 bridgehead atoms. The SMILES string of the molecule is COc1cc(CNC(c2ccccc2)C(C)C)cc(OC)c1. The van der Waals surface area contributed by atoms with Crippen LogP contribution < -0.4 is 14.8 Å². The van der Waals surface area contributed by atoms with Gasteiger partial charge in [-0.25, -0.2) is 0 Å². The largest absolute Gasteiger partial charge is 0.497 e. The maximum absolute atomic E-state index is 5.33. The van der Waals surface area contributed by atoms with Gasteiger partial charge in [-0.05, 0) is 29.2 Å². The number of methoxy groups -OCH3 is 2. The van der Waals surface area contributed by atoms with Gasteiger partial charge in [0, 0.05) is 18.7 Å². The van der Waals surface area contributed by atoms with E-state index in [-0.39, 0.29) is 0 Å². The van der Waals surface area contributed by atoms with E-state index in [0.717, 1.165) is 23.6 Å². The molecule has 22 heavy (non-hydrogen) atoms. The molecule has 1 unspecified atom stereocenters. The van der Waals surface area contributed by atoms with Gasteiger partial charge in [-0.2, -0.15) is 0 Å². The Balaban J connectivity index is 2.13. The molecule has 0 amide bonds. The van der Waals surface area contributed by atoms with Gasteiger partial charge in [0.1, 0.15) is 11.5 Å². The molecule has 0 heterocycles. The summed E-state index contributed by atoms with van der Waals surface area (Å²) >= 11 is 0. The van der Waals surface area contributed by atoms with Gasteiger partial charge in [0.05, 0.1) is 14.2 Å². The van der Waals surface area contributed by atoms with Gasteiger partial charge < -0.3 is 14.8 Å². The van der Waals surface area contributed by atoms with Gasteiger partial charge >= 0.3 is 0 Å². The van der Waals surface area contributed by atoms with Crippen molar-refractivity contribution in [1.82, 2.24) is 5.32 Å². The van der Waals surface area contributed by atoms with Crippen molar-refractivity contribution in [3.63, 3.8) is 0 Å². The molecule has 2 aromatic carbocycles. The second-order valence-electron chi connectivity index (χ2n) is 5.73. The Kier molecular flexibility index (Phi) is 5.84. The van der Waals surface area contributed by atoms with Crippen molar-refractivity contribution in [2.45, 2.75) is 26.4 Å². The number of benzene rings is 2. The van der Waals surface area contributed by atoms with Gasteiger partial charge in [0.15, 0.2) is 0 Å². The summed E-state index contributed by atoms with van der Waals surface area (Å²) in [4.78, 5) is 0. The van der Waals surface area contributed by atoms with Crippen LogP contribution in [0.5, 0.6) is 11.5 Å². The van der Waals surface area contributed by atoms with Gasteiger partial charge in [-0.15, -0.1) is 0 Å². The first-order valence-electron chi connectivity index (χ1n) is 7.64. The molecule has 0 aromatic heterocycles. The minimum absolute atomic E-state index is 0.318. The molecule has 2 rings (SSSR count). The van der Waals surface area contributed by atoms with E-state index in [1.165, 1.54) is 5.56 Å². The zero-order valence-electron chi connectivity index (χ0n) is 13.8. The van der Waals surface area contributed by atoms with E-state index < -0.39 is 0 Å². The standard InChI is InChI=1S/C19H25NO2/c1-14(2)19(16-8-6-5-7-9-16)20-13-15-10-17(21-3)12-18(11-15)22-4/h5-12,14,19-20H,13H2,1-4H3. The molecule has 0 spiro atoms. The van der Waals surface area contributed by atoms with Crippen molar-refractivity contribution in [3.8, 4) is 11.5 Å². The first kappa shape index (κ1) is 16.4. The van der Waals surface area contributed by atoms with Crippen molar-refractivity contribution in [3.05, 3.63) is 59.7 Å². The number of hydrogen-bond acceptors (Lipinski definition) is 3. The highest BCUT2D eigenvalue weighted by molar-refractivity contribution is 5.38. The minimum Gasteiger partial charge on any atom is -0.497 e. The topological polar surface area (TPSA) is 30.5 Å². The van der Waals surface area contributed by atoms with E-state index in [1.807, 2.05) is 24.3 Å². The van der Waals surface area contributed by atoms with Gasteiger partial charge in [0.25, 0.3) is 0 Å². The number of hydrogen-bond donors (Lipinski definition) is 1. The van der Waals surface area contributed by atoms with E-state index in [2.05, 4.69) is 43.4 Å². The predicted molar refractivity (Wildman–Crippen MR) is 90.4 cm³/mol. The lowest BCUT2D eigenvalue weighted by Crippen LogP contribution is -2.25. The highest BCUT2D eigenvalue weighted by Gasteiger charge is 2.15. The van der Waals surface area contributed by atoms with Crippen molar-refractivity contribution < 1.29 is 9.47 Å². The third-order valence-corrected chi connectivity index (χ3v) is 3.76. The summed E-state index contributed by atoms with van der Waals surface area (Å²) in [5, 5.41) is 3.64. The lowest BCUT2D eigenvalue weighted by molar-refractivity contribution is 0.389. The first-order chi connectivity index (χ1) is 10.6. The molecule has 3 heteroatoms. The van der Waals surface area contributed by atoms with Crippen LogP contribution in [0.2, 0.25) is 0 Å². The Morgan fingerprint density at radius 1 is 0.909 bits per heavy atom. The Bertz CT molecular complexity index is 559. The summed E-state index contributed by atoms with van der Waals surface area (Å²) in [7, 11) is 3.35. The highest BCUT2D eigenvalue weighted by atomic mass is 16.5. The fourth-order valence-corrected chi connectivity index (χ4v) is 2.60. The molecule has 1 atom stereocenters. The van der Waals surface area contributed by atoms with Crippen LogP contribution in [0.25, 0.3) is 0 Å². The molecule has 0 fully saturated rings. The Hall–Kier alpha value is -2.00. The number of ether oxygens (including phenoxy) is 2. The number of nitrogens with one attached hydrogen (secondary N) is 1. The molecular formula is C19H25NO2. The second-order valence-corrected chi connectivity index (χ2v) is 5.73. The average Bonchev–Trinajstić information content (AvgIpc) is 2.55. The van der Waals surface area contributed by atoms with Crippen LogP contribution in [0.15, 0.2) is 48.5 Å².